The van der Waals surface area contributed by atoms with Crippen LogP contribution >= 0.6 is 11.3 Å². The molecule has 0 radical (unpaired) electrons. The number of aromatic nitrogens is 3. The highest BCUT2D eigenvalue weighted by Crippen LogP contribution is 2.23. The predicted octanol–water partition coefficient (Wildman–Crippen LogP) is 1.95. The largest absolute Gasteiger partial charge is 0.338 e. The molecule has 5 nitrogen and oxygen atoms in total. The van der Waals surface area contributed by atoms with Gasteiger partial charge in [-0.05, 0) is 19.3 Å². The number of thiazole rings is 1. The summed E-state index contributed by atoms with van der Waals surface area (Å²) < 4.78 is 0. The first-order valence-corrected chi connectivity index (χ1v) is 7.56. The zero-order chi connectivity index (χ0) is 13.9. The first-order valence-electron chi connectivity index (χ1n) is 6.68. The van der Waals surface area contributed by atoms with E-state index >= 15 is 0 Å². The molecule has 1 amide bonds. The normalized spacial score (nSPS) is 18.4. The molecular formula is C14H16N4OS. The maximum absolute atomic E-state index is 12.3. The summed E-state index contributed by atoms with van der Waals surface area (Å²) in [6, 6.07) is 0. The number of carbonyl (C=O) groups excluding carboxylic acids is 1. The highest BCUT2D eigenvalue weighted by atomic mass is 32.1. The maximum Gasteiger partial charge on any atom is 0.256 e. The number of hydrogen-bond donors (Lipinski definition) is 0. The topological polar surface area (TPSA) is 59.0 Å². The Hall–Kier alpha value is -1.82. The second-order valence-corrected chi connectivity index (χ2v) is 6.03. The Labute approximate surface area is 121 Å². The molecule has 1 aliphatic heterocycles. The van der Waals surface area contributed by atoms with Crippen molar-refractivity contribution in [3.63, 3.8) is 0 Å². The van der Waals surface area contributed by atoms with Gasteiger partial charge in [-0.2, -0.15) is 0 Å². The molecule has 0 saturated carbocycles. The molecule has 2 aromatic heterocycles. The van der Waals surface area contributed by atoms with Gasteiger partial charge in [0.25, 0.3) is 5.91 Å². The van der Waals surface area contributed by atoms with Crippen LogP contribution in [0.15, 0.2) is 24.0 Å². The fourth-order valence-corrected chi connectivity index (χ4v) is 3.20. The van der Waals surface area contributed by atoms with E-state index in [4.69, 9.17) is 0 Å². The molecule has 3 heterocycles. The van der Waals surface area contributed by atoms with Crippen molar-refractivity contribution in [1.29, 1.82) is 0 Å². The molecule has 0 aromatic carbocycles. The molecule has 0 spiro atoms. The molecular weight excluding hydrogens is 272 g/mol. The molecule has 6 heteroatoms. The minimum Gasteiger partial charge on any atom is -0.338 e. The monoisotopic (exact) mass is 288 g/mol. The zero-order valence-electron chi connectivity index (χ0n) is 11.3. The summed E-state index contributed by atoms with van der Waals surface area (Å²) in [5.74, 6) is 1.23. The lowest BCUT2D eigenvalue weighted by molar-refractivity contribution is 0.0786. The second-order valence-electron chi connectivity index (χ2n) is 5.05. The van der Waals surface area contributed by atoms with Crippen molar-refractivity contribution in [2.75, 3.05) is 13.1 Å². The summed E-state index contributed by atoms with van der Waals surface area (Å²) in [5.41, 5.74) is 0.575. The number of aryl methyl sites for hydroxylation is 1. The third kappa shape index (κ3) is 2.85. The SMILES string of the molecule is Cc1ncc(C(=O)N2CCC(Cc3nccs3)C2)cn1. The van der Waals surface area contributed by atoms with E-state index < -0.39 is 0 Å². The third-order valence-corrected chi connectivity index (χ3v) is 4.35. The molecule has 0 N–H and O–H groups in total. The van der Waals surface area contributed by atoms with Gasteiger partial charge in [0.1, 0.15) is 5.82 Å². The fourth-order valence-electron chi connectivity index (χ4n) is 2.47. The number of hydrogen-bond acceptors (Lipinski definition) is 5. The van der Waals surface area contributed by atoms with Crippen LogP contribution in [-0.4, -0.2) is 38.8 Å². The van der Waals surface area contributed by atoms with E-state index in [1.54, 1.807) is 23.7 Å². The quantitative estimate of drug-likeness (QED) is 0.866. The summed E-state index contributed by atoms with van der Waals surface area (Å²) in [4.78, 5) is 26.7. The zero-order valence-corrected chi connectivity index (χ0v) is 12.1. The van der Waals surface area contributed by atoms with E-state index in [-0.39, 0.29) is 5.91 Å². The predicted molar refractivity (Wildman–Crippen MR) is 76.6 cm³/mol. The van der Waals surface area contributed by atoms with Crippen LogP contribution in [0.5, 0.6) is 0 Å². The van der Waals surface area contributed by atoms with Crippen LogP contribution in [0.2, 0.25) is 0 Å². The first kappa shape index (κ1) is 13.2. The Kier molecular flexibility index (Phi) is 3.73. The van der Waals surface area contributed by atoms with Crippen molar-refractivity contribution in [2.45, 2.75) is 19.8 Å². The Morgan fingerprint density at radius 2 is 2.20 bits per heavy atom. The van der Waals surface area contributed by atoms with Crippen molar-refractivity contribution >= 4 is 17.2 Å². The molecule has 2 aromatic rings. The molecule has 20 heavy (non-hydrogen) atoms. The Bertz CT molecular complexity index is 582. The Morgan fingerprint density at radius 3 is 2.90 bits per heavy atom. The van der Waals surface area contributed by atoms with Crippen LogP contribution in [0.4, 0.5) is 0 Å². The van der Waals surface area contributed by atoms with Gasteiger partial charge >= 0.3 is 0 Å². The highest BCUT2D eigenvalue weighted by Gasteiger charge is 2.27. The van der Waals surface area contributed by atoms with Crippen molar-refractivity contribution < 1.29 is 4.79 Å². The van der Waals surface area contributed by atoms with Crippen LogP contribution in [0.3, 0.4) is 0 Å². The number of likely N-dealkylation sites (tertiary alicyclic amines) is 1. The molecule has 1 atom stereocenters. The average Bonchev–Trinajstić information content (AvgIpc) is 3.11. The van der Waals surface area contributed by atoms with Crippen LogP contribution in [0, 0.1) is 12.8 Å². The number of nitrogens with zero attached hydrogens (tertiary/aromatic N) is 4. The van der Waals surface area contributed by atoms with E-state index in [0.29, 0.717) is 17.3 Å². The molecule has 1 fully saturated rings. The van der Waals surface area contributed by atoms with Crippen LogP contribution in [0.1, 0.15) is 27.6 Å². The minimum absolute atomic E-state index is 0.0339. The van der Waals surface area contributed by atoms with Gasteiger partial charge in [0.2, 0.25) is 0 Å². The third-order valence-electron chi connectivity index (χ3n) is 3.55. The van der Waals surface area contributed by atoms with Gasteiger partial charge in [0.05, 0.1) is 10.6 Å². The van der Waals surface area contributed by atoms with Gasteiger partial charge in [-0.15, -0.1) is 11.3 Å². The standard InChI is InChI=1S/C14H16N4OS/c1-10-16-7-12(8-17-10)14(19)18-4-2-11(9-18)6-13-15-3-5-20-13/h3,5,7-8,11H,2,4,6,9H2,1H3. The lowest BCUT2D eigenvalue weighted by atomic mass is 10.1. The minimum atomic E-state index is 0.0339. The molecule has 0 aliphatic carbocycles. The Balaban J connectivity index is 1.62. The van der Waals surface area contributed by atoms with Crippen LogP contribution < -0.4 is 0 Å². The van der Waals surface area contributed by atoms with Gasteiger partial charge in [-0.1, -0.05) is 0 Å². The van der Waals surface area contributed by atoms with Crippen molar-refractivity contribution in [3.05, 3.63) is 40.4 Å². The molecule has 3 rings (SSSR count). The molecule has 1 saturated heterocycles. The average molecular weight is 288 g/mol. The van der Waals surface area contributed by atoms with E-state index in [2.05, 4.69) is 15.0 Å². The van der Waals surface area contributed by atoms with E-state index in [1.165, 1.54) is 0 Å². The first-order chi connectivity index (χ1) is 9.72. The Morgan fingerprint density at radius 1 is 1.40 bits per heavy atom. The van der Waals surface area contributed by atoms with E-state index in [9.17, 15) is 4.79 Å². The molecule has 104 valence electrons. The smallest absolute Gasteiger partial charge is 0.256 e. The van der Waals surface area contributed by atoms with Gasteiger partial charge in [-0.3, -0.25) is 4.79 Å². The van der Waals surface area contributed by atoms with Gasteiger partial charge in [0, 0.05) is 43.5 Å². The van der Waals surface area contributed by atoms with Gasteiger partial charge in [0.15, 0.2) is 0 Å². The van der Waals surface area contributed by atoms with E-state index in [1.807, 2.05) is 23.4 Å². The summed E-state index contributed by atoms with van der Waals surface area (Å²) in [6.07, 6.45) is 7.06. The lowest BCUT2D eigenvalue weighted by Gasteiger charge is -2.16. The summed E-state index contributed by atoms with van der Waals surface area (Å²) in [7, 11) is 0. The van der Waals surface area contributed by atoms with Gasteiger partial charge < -0.3 is 4.90 Å². The number of rotatable bonds is 3. The van der Waals surface area contributed by atoms with Crippen LogP contribution in [0.25, 0.3) is 0 Å². The fraction of sp³-hybridized carbons (Fsp3) is 0.429. The summed E-state index contributed by atoms with van der Waals surface area (Å²) in [6.45, 7) is 3.42. The molecule has 0 bridgehead atoms. The van der Waals surface area contributed by atoms with Crippen molar-refractivity contribution in [2.24, 2.45) is 5.92 Å². The van der Waals surface area contributed by atoms with Crippen molar-refractivity contribution in [1.82, 2.24) is 19.9 Å². The molecule has 1 aliphatic rings. The second kappa shape index (κ2) is 5.66. The van der Waals surface area contributed by atoms with Gasteiger partial charge in [-0.25, -0.2) is 15.0 Å². The lowest BCUT2D eigenvalue weighted by Crippen LogP contribution is -2.29. The summed E-state index contributed by atoms with van der Waals surface area (Å²) in [5, 5.41) is 3.15. The van der Waals surface area contributed by atoms with E-state index in [0.717, 1.165) is 30.9 Å². The summed E-state index contributed by atoms with van der Waals surface area (Å²) >= 11 is 1.68. The maximum atomic E-state index is 12.3. The van der Waals surface area contributed by atoms with Crippen molar-refractivity contribution in [3.8, 4) is 0 Å². The van der Waals surface area contributed by atoms with Crippen LogP contribution in [-0.2, 0) is 6.42 Å². The number of carbonyl (C=O) groups is 1. The highest BCUT2D eigenvalue weighted by molar-refractivity contribution is 7.09. The number of amides is 1. The molecule has 1 unspecified atom stereocenters.